The van der Waals surface area contributed by atoms with Gasteiger partial charge in [-0.25, -0.2) is 9.59 Å². The zero-order chi connectivity index (χ0) is 32.7. The number of carboxylic acids is 2. The van der Waals surface area contributed by atoms with Crippen molar-refractivity contribution in [1.82, 2.24) is 0 Å². The van der Waals surface area contributed by atoms with Crippen LogP contribution in [0.15, 0.2) is 0 Å². The van der Waals surface area contributed by atoms with Gasteiger partial charge in [-0.05, 0) is 24.2 Å². The number of rotatable bonds is 12. The molecule has 0 spiro atoms. The number of carboxylic acid groups (broad SMARTS) is 2. The molecular formula is C22H40O18S. The predicted octanol–water partition coefficient (Wildman–Crippen LogP) is -5.72. The third-order valence-corrected chi connectivity index (χ3v) is 8.44. The maximum atomic E-state index is 11.9. The summed E-state index contributed by atoms with van der Waals surface area (Å²) < 4.78 is 31.0. The van der Waals surface area contributed by atoms with Crippen LogP contribution < -0.4 is 0 Å². The van der Waals surface area contributed by atoms with Crippen molar-refractivity contribution in [3.05, 3.63) is 0 Å². The van der Waals surface area contributed by atoms with Gasteiger partial charge in [0.2, 0.25) is 0 Å². The Morgan fingerprint density at radius 2 is 1.17 bits per heavy atom. The quantitative estimate of drug-likeness (QED) is 0.0899. The minimum absolute atomic E-state index is 0.0152. The number of aliphatic hydroxyl groups excluding tert-OH is 10. The molecule has 0 aliphatic heterocycles. The highest BCUT2D eigenvalue weighted by atomic mass is 32.2. The fourth-order valence-electron chi connectivity index (χ4n) is 4.76. The van der Waals surface area contributed by atoms with E-state index in [1.165, 1.54) is 0 Å². The molecule has 0 aromatic heterocycles. The van der Waals surface area contributed by atoms with E-state index in [1.54, 1.807) is 0 Å². The van der Waals surface area contributed by atoms with E-state index in [-0.39, 0.29) is 17.1 Å². The van der Waals surface area contributed by atoms with Crippen LogP contribution in [0.3, 0.4) is 0 Å². The topological polar surface area (TPSA) is 348 Å². The van der Waals surface area contributed by atoms with Crippen molar-refractivity contribution in [3.8, 4) is 0 Å². The number of hydrogen-bond donors (Lipinski definition) is 13. The molecule has 0 aromatic carbocycles. The molecule has 0 saturated heterocycles. The standard InChI is InChI=1S/C10H16O4S.2C6H12O7/c1-9(2)7-3-4-10(9,8(11)5-7)6-15(12,13)14;2*7-1-2(8)3(9)4(10)5(11)6(12)13/h7H,3-6H2,1-2H3,(H,12,13,14);2*2-5,7-11H,1H2,(H,12,13)/t;2*2-,3-,4+,5-/m.11/s1. The molecule has 0 aromatic rings. The number of Topliss-reactive ketones (excluding diaryl/α,β-unsaturated/α-hetero) is 1. The van der Waals surface area contributed by atoms with E-state index in [0.29, 0.717) is 12.8 Å². The molecule has 2 saturated carbocycles. The maximum absolute atomic E-state index is 11.9. The molecule has 2 aliphatic carbocycles. The normalized spacial score (nSPS) is 27.0. The number of hydrogen-bond acceptors (Lipinski definition) is 15. The maximum Gasteiger partial charge on any atom is 0.335 e. The van der Waals surface area contributed by atoms with Crippen molar-refractivity contribution in [3.63, 3.8) is 0 Å². The van der Waals surface area contributed by atoms with E-state index in [2.05, 4.69) is 0 Å². The molecule has 0 radical (unpaired) electrons. The van der Waals surface area contributed by atoms with Crippen LogP contribution in [-0.4, -0.2) is 160 Å². The highest BCUT2D eigenvalue weighted by molar-refractivity contribution is 7.85. The molecule has 19 heteroatoms. The number of fused-ring (bicyclic) bond motifs is 2. The number of ketones is 1. The van der Waals surface area contributed by atoms with Gasteiger partial charge < -0.3 is 61.3 Å². The second kappa shape index (κ2) is 15.5. The monoisotopic (exact) mass is 624 g/mol. The van der Waals surface area contributed by atoms with Crippen LogP contribution >= 0.6 is 0 Å². The van der Waals surface area contributed by atoms with Gasteiger partial charge in [0, 0.05) is 6.42 Å². The highest BCUT2D eigenvalue weighted by Crippen LogP contribution is 2.64. The fraction of sp³-hybridized carbons (Fsp3) is 0.864. The van der Waals surface area contributed by atoms with E-state index in [9.17, 15) is 22.8 Å². The lowest BCUT2D eigenvalue weighted by Crippen LogP contribution is -2.48. The van der Waals surface area contributed by atoms with Gasteiger partial charge in [0.05, 0.1) is 24.4 Å². The summed E-state index contributed by atoms with van der Waals surface area (Å²) >= 11 is 0. The molecule has 0 heterocycles. The lowest BCUT2D eigenvalue weighted by Gasteiger charge is -2.35. The Morgan fingerprint density at radius 1 is 0.805 bits per heavy atom. The second-order valence-electron chi connectivity index (χ2n) is 10.4. The molecule has 41 heavy (non-hydrogen) atoms. The summed E-state index contributed by atoms with van der Waals surface area (Å²) in [7, 11) is -4.08. The molecular weight excluding hydrogens is 584 g/mol. The van der Waals surface area contributed by atoms with Crippen LogP contribution in [0, 0.1) is 16.7 Å². The SMILES string of the molecule is CC1(C)C2CCC1(CS(=O)(=O)O)C(=O)C2.O=C(O)[C@H](O)[C@@H](O)[C@H](O)[C@H](O)CO.O=C(O)[C@H](O)[C@@H](O)[C@H](O)[C@H](O)CO. The van der Waals surface area contributed by atoms with Gasteiger partial charge in [-0.15, -0.1) is 0 Å². The first-order chi connectivity index (χ1) is 18.5. The minimum Gasteiger partial charge on any atom is -0.479 e. The van der Waals surface area contributed by atoms with Crippen molar-refractivity contribution in [2.24, 2.45) is 16.7 Å². The number of aliphatic carboxylic acids is 2. The van der Waals surface area contributed by atoms with Gasteiger partial charge in [-0.1, -0.05) is 13.8 Å². The Labute approximate surface area is 234 Å². The molecule has 242 valence electrons. The Balaban J connectivity index is 0.000000589. The summed E-state index contributed by atoms with van der Waals surface area (Å²) in [6, 6.07) is 0. The van der Waals surface area contributed by atoms with Gasteiger partial charge in [0.15, 0.2) is 12.2 Å². The smallest absolute Gasteiger partial charge is 0.335 e. The van der Waals surface area contributed by atoms with Crippen LogP contribution in [0.1, 0.15) is 33.1 Å². The Morgan fingerprint density at radius 3 is 1.39 bits per heavy atom. The molecule has 0 amide bonds. The largest absolute Gasteiger partial charge is 0.479 e. The first-order valence-corrected chi connectivity index (χ1v) is 13.7. The van der Waals surface area contributed by atoms with Crippen LogP contribution in [0.2, 0.25) is 0 Å². The Bertz CT molecular complexity index is 947. The molecule has 2 aliphatic rings. The Kier molecular flexibility index (Phi) is 14.8. The van der Waals surface area contributed by atoms with Gasteiger partial charge in [-0.2, -0.15) is 8.42 Å². The van der Waals surface area contributed by atoms with Crippen molar-refractivity contribution >= 4 is 27.8 Å². The Hall–Kier alpha value is -1.88. The van der Waals surface area contributed by atoms with Crippen molar-refractivity contribution < 1.29 is 88.6 Å². The van der Waals surface area contributed by atoms with E-state index < -0.39 is 95.3 Å². The lowest BCUT2D eigenvalue weighted by atomic mass is 9.70. The average molecular weight is 625 g/mol. The zero-order valence-corrected chi connectivity index (χ0v) is 23.0. The lowest BCUT2D eigenvalue weighted by molar-refractivity contribution is -0.164. The molecule has 2 fully saturated rings. The van der Waals surface area contributed by atoms with E-state index in [0.717, 1.165) is 6.42 Å². The summed E-state index contributed by atoms with van der Waals surface area (Å²) in [6.45, 7) is 2.20. The van der Waals surface area contributed by atoms with E-state index >= 15 is 0 Å². The molecule has 2 bridgehead atoms. The van der Waals surface area contributed by atoms with Crippen LogP contribution in [-0.2, 0) is 24.5 Å². The third-order valence-electron chi connectivity index (χ3n) is 7.58. The molecule has 18 nitrogen and oxygen atoms in total. The van der Waals surface area contributed by atoms with Gasteiger partial charge >= 0.3 is 11.9 Å². The van der Waals surface area contributed by atoms with Crippen molar-refractivity contribution in [1.29, 1.82) is 0 Å². The van der Waals surface area contributed by atoms with Crippen LogP contribution in [0.4, 0.5) is 0 Å². The van der Waals surface area contributed by atoms with Crippen LogP contribution in [0.5, 0.6) is 0 Å². The third kappa shape index (κ3) is 9.83. The second-order valence-corrected chi connectivity index (χ2v) is 11.9. The summed E-state index contributed by atoms with van der Waals surface area (Å²) in [5.74, 6) is -3.55. The summed E-state index contributed by atoms with van der Waals surface area (Å²) in [5, 5.41) is 104. The summed E-state index contributed by atoms with van der Waals surface area (Å²) in [5.41, 5.74) is -1.12. The van der Waals surface area contributed by atoms with Gasteiger partial charge in [0.1, 0.15) is 42.4 Å². The first-order valence-electron chi connectivity index (χ1n) is 12.1. The number of aliphatic hydroxyl groups is 10. The average Bonchev–Trinajstić information content (AvgIpc) is 3.23. The van der Waals surface area contributed by atoms with Crippen molar-refractivity contribution in [2.75, 3.05) is 19.0 Å². The molecule has 2 rings (SSSR count). The van der Waals surface area contributed by atoms with Gasteiger partial charge in [0.25, 0.3) is 10.1 Å². The summed E-state index contributed by atoms with van der Waals surface area (Å²) in [6.07, 6.45) is -13.7. The minimum atomic E-state index is -4.08. The number of carbonyl (C=O) groups excluding carboxylic acids is 1. The first kappa shape index (κ1) is 39.1. The predicted molar refractivity (Wildman–Crippen MR) is 132 cm³/mol. The molecule has 13 N–H and O–H groups in total. The van der Waals surface area contributed by atoms with Crippen molar-refractivity contribution in [2.45, 2.75) is 81.9 Å². The van der Waals surface area contributed by atoms with Gasteiger partial charge in [-0.3, -0.25) is 9.35 Å². The van der Waals surface area contributed by atoms with Crippen LogP contribution in [0.25, 0.3) is 0 Å². The summed E-state index contributed by atoms with van der Waals surface area (Å²) in [4.78, 5) is 32.1. The van der Waals surface area contributed by atoms with E-state index in [4.69, 9.17) is 65.8 Å². The molecule has 2 unspecified atom stereocenters. The fourth-order valence-corrected chi connectivity index (χ4v) is 6.06. The zero-order valence-electron chi connectivity index (χ0n) is 22.2. The highest BCUT2D eigenvalue weighted by Gasteiger charge is 2.65. The molecule has 10 atom stereocenters. The van der Waals surface area contributed by atoms with E-state index in [1.807, 2.05) is 13.8 Å². The number of carbonyl (C=O) groups is 3.